The molecule has 0 radical (unpaired) electrons. The fraction of sp³-hybridized carbons (Fsp3) is 0.300. The topological polar surface area (TPSA) is 71.1 Å². The number of methoxy groups -OCH3 is 2. The number of carbonyl (C=O) groups is 2. The SMILES string of the molecule is COc1ccc(C(=O)COC(=O)c2ccc(OC(C)C)cc2)c(OC)c1. The minimum Gasteiger partial charge on any atom is -0.497 e. The molecule has 0 aromatic heterocycles. The van der Waals surface area contributed by atoms with Crippen LogP contribution in [0.3, 0.4) is 0 Å². The predicted molar refractivity (Wildman–Crippen MR) is 96.4 cm³/mol. The average molecular weight is 358 g/mol. The summed E-state index contributed by atoms with van der Waals surface area (Å²) in [4.78, 5) is 24.4. The lowest BCUT2D eigenvalue weighted by molar-refractivity contribution is 0.0474. The van der Waals surface area contributed by atoms with Crippen LogP contribution in [-0.2, 0) is 4.74 Å². The van der Waals surface area contributed by atoms with E-state index in [-0.39, 0.29) is 18.5 Å². The van der Waals surface area contributed by atoms with Crippen LogP contribution < -0.4 is 14.2 Å². The Morgan fingerprint density at radius 3 is 2.15 bits per heavy atom. The molecule has 2 aromatic rings. The summed E-state index contributed by atoms with van der Waals surface area (Å²) in [5.74, 6) is 0.648. The summed E-state index contributed by atoms with van der Waals surface area (Å²) in [6.45, 7) is 3.45. The van der Waals surface area contributed by atoms with Gasteiger partial charge >= 0.3 is 5.97 Å². The average Bonchev–Trinajstić information content (AvgIpc) is 2.65. The van der Waals surface area contributed by atoms with E-state index in [4.69, 9.17) is 18.9 Å². The van der Waals surface area contributed by atoms with E-state index < -0.39 is 5.97 Å². The Bertz CT molecular complexity index is 764. The Morgan fingerprint density at radius 1 is 0.923 bits per heavy atom. The van der Waals surface area contributed by atoms with Gasteiger partial charge in [-0.15, -0.1) is 0 Å². The molecule has 0 fully saturated rings. The zero-order valence-corrected chi connectivity index (χ0v) is 15.3. The Morgan fingerprint density at radius 2 is 1.58 bits per heavy atom. The lowest BCUT2D eigenvalue weighted by Crippen LogP contribution is -2.15. The maximum atomic E-state index is 12.3. The molecule has 0 spiro atoms. The molecule has 2 rings (SSSR count). The third-order valence-electron chi connectivity index (χ3n) is 3.51. The van der Waals surface area contributed by atoms with Crippen LogP contribution in [0.4, 0.5) is 0 Å². The van der Waals surface area contributed by atoms with Gasteiger partial charge in [-0.3, -0.25) is 4.79 Å². The summed E-state index contributed by atoms with van der Waals surface area (Å²) < 4.78 is 20.9. The van der Waals surface area contributed by atoms with Gasteiger partial charge in [0.05, 0.1) is 31.5 Å². The summed E-state index contributed by atoms with van der Waals surface area (Å²) in [5, 5.41) is 0. The minimum absolute atomic E-state index is 0.0462. The summed E-state index contributed by atoms with van der Waals surface area (Å²) in [7, 11) is 2.98. The fourth-order valence-electron chi connectivity index (χ4n) is 2.26. The molecule has 0 aliphatic heterocycles. The number of carbonyl (C=O) groups excluding carboxylic acids is 2. The second-order valence-electron chi connectivity index (χ2n) is 5.76. The van der Waals surface area contributed by atoms with Crippen LogP contribution in [0.15, 0.2) is 42.5 Å². The first-order chi connectivity index (χ1) is 12.4. The second kappa shape index (κ2) is 8.89. The van der Waals surface area contributed by atoms with Crippen LogP contribution in [-0.4, -0.2) is 38.7 Å². The molecule has 0 N–H and O–H groups in total. The van der Waals surface area contributed by atoms with Crippen LogP contribution in [0.1, 0.15) is 34.6 Å². The van der Waals surface area contributed by atoms with Gasteiger partial charge in [0.15, 0.2) is 6.61 Å². The fourth-order valence-corrected chi connectivity index (χ4v) is 2.26. The highest BCUT2D eigenvalue weighted by atomic mass is 16.5. The van der Waals surface area contributed by atoms with Crippen molar-refractivity contribution in [2.24, 2.45) is 0 Å². The number of hydrogen-bond acceptors (Lipinski definition) is 6. The van der Waals surface area contributed by atoms with Gasteiger partial charge in [0.25, 0.3) is 0 Å². The van der Waals surface area contributed by atoms with Crippen molar-refractivity contribution in [3.8, 4) is 17.2 Å². The Hall–Kier alpha value is -3.02. The first-order valence-electron chi connectivity index (χ1n) is 8.13. The number of esters is 1. The van der Waals surface area contributed by atoms with Crippen molar-refractivity contribution in [2.45, 2.75) is 20.0 Å². The number of ether oxygens (including phenoxy) is 4. The maximum Gasteiger partial charge on any atom is 0.338 e. The number of benzene rings is 2. The van der Waals surface area contributed by atoms with Crippen LogP contribution in [0, 0.1) is 0 Å². The molecule has 26 heavy (non-hydrogen) atoms. The first-order valence-corrected chi connectivity index (χ1v) is 8.13. The van der Waals surface area contributed by atoms with Crippen LogP contribution in [0.25, 0.3) is 0 Å². The normalized spacial score (nSPS) is 10.3. The molecule has 0 aliphatic rings. The van der Waals surface area contributed by atoms with Crippen molar-refractivity contribution >= 4 is 11.8 Å². The highest BCUT2D eigenvalue weighted by Gasteiger charge is 2.16. The highest BCUT2D eigenvalue weighted by molar-refractivity contribution is 6.01. The van der Waals surface area contributed by atoms with E-state index in [2.05, 4.69) is 0 Å². The lowest BCUT2D eigenvalue weighted by atomic mass is 10.1. The number of rotatable bonds is 8. The zero-order chi connectivity index (χ0) is 19.1. The quantitative estimate of drug-likeness (QED) is 0.531. The van der Waals surface area contributed by atoms with Crippen LogP contribution >= 0.6 is 0 Å². The van der Waals surface area contributed by atoms with Gasteiger partial charge in [0, 0.05) is 6.07 Å². The predicted octanol–water partition coefficient (Wildman–Crippen LogP) is 3.53. The van der Waals surface area contributed by atoms with Gasteiger partial charge in [0.2, 0.25) is 5.78 Å². The molecule has 0 aliphatic carbocycles. The van der Waals surface area contributed by atoms with Gasteiger partial charge < -0.3 is 18.9 Å². The molecule has 2 aromatic carbocycles. The molecule has 0 bridgehead atoms. The summed E-state index contributed by atoms with van der Waals surface area (Å²) in [6, 6.07) is 11.4. The van der Waals surface area contributed by atoms with Crippen molar-refractivity contribution < 1.29 is 28.5 Å². The van der Waals surface area contributed by atoms with E-state index in [1.165, 1.54) is 14.2 Å². The lowest BCUT2D eigenvalue weighted by Gasteiger charge is -2.11. The van der Waals surface area contributed by atoms with E-state index >= 15 is 0 Å². The Kier molecular flexibility index (Phi) is 6.60. The monoisotopic (exact) mass is 358 g/mol. The van der Waals surface area contributed by atoms with Gasteiger partial charge in [-0.05, 0) is 50.2 Å². The van der Waals surface area contributed by atoms with E-state index in [9.17, 15) is 9.59 Å². The zero-order valence-electron chi connectivity index (χ0n) is 15.3. The number of ketones is 1. The maximum absolute atomic E-state index is 12.3. The molecule has 0 saturated heterocycles. The Balaban J connectivity index is 1.99. The molecule has 6 nitrogen and oxygen atoms in total. The molecule has 0 atom stereocenters. The van der Waals surface area contributed by atoms with Crippen LogP contribution in [0.2, 0.25) is 0 Å². The highest BCUT2D eigenvalue weighted by Crippen LogP contribution is 2.25. The molecule has 0 heterocycles. The molecular formula is C20H22O6. The largest absolute Gasteiger partial charge is 0.497 e. The number of Topliss-reactive ketones (excluding diaryl/α,β-unsaturated/α-hetero) is 1. The van der Waals surface area contributed by atoms with Crippen molar-refractivity contribution in [1.29, 1.82) is 0 Å². The van der Waals surface area contributed by atoms with Crippen molar-refractivity contribution in [3.63, 3.8) is 0 Å². The standard InChI is InChI=1S/C20H22O6/c1-13(2)26-15-7-5-14(6-8-15)20(22)25-12-18(21)17-10-9-16(23-3)11-19(17)24-4/h5-11,13H,12H2,1-4H3. The number of hydrogen-bond donors (Lipinski definition) is 0. The third kappa shape index (κ3) is 4.99. The summed E-state index contributed by atoms with van der Waals surface area (Å²) in [6.07, 6.45) is 0.0462. The summed E-state index contributed by atoms with van der Waals surface area (Å²) >= 11 is 0. The van der Waals surface area contributed by atoms with Gasteiger partial charge in [-0.1, -0.05) is 0 Å². The van der Waals surface area contributed by atoms with Crippen LogP contribution in [0.5, 0.6) is 17.2 Å². The Labute approximate surface area is 152 Å². The molecule has 138 valence electrons. The van der Waals surface area contributed by atoms with E-state index in [0.29, 0.717) is 28.4 Å². The molecule has 0 amide bonds. The third-order valence-corrected chi connectivity index (χ3v) is 3.51. The second-order valence-corrected chi connectivity index (χ2v) is 5.76. The van der Waals surface area contributed by atoms with E-state index in [0.717, 1.165) is 0 Å². The summed E-state index contributed by atoms with van der Waals surface area (Å²) in [5.41, 5.74) is 0.664. The molecular weight excluding hydrogens is 336 g/mol. The first kappa shape index (κ1) is 19.3. The van der Waals surface area contributed by atoms with Crippen molar-refractivity contribution in [3.05, 3.63) is 53.6 Å². The van der Waals surface area contributed by atoms with Crippen molar-refractivity contribution in [1.82, 2.24) is 0 Å². The smallest absolute Gasteiger partial charge is 0.338 e. The molecule has 0 saturated carbocycles. The van der Waals surface area contributed by atoms with E-state index in [1.807, 2.05) is 13.8 Å². The van der Waals surface area contributed by atoms with Crippen molar-refractivity contribution in [2.75, 3.05) is 20.8 Å². The molecule has 6 heteroatoms. The van der Waals surface area contributed by atoms with Gasteiger partial charge in [-0.2, -0.15) is 0 Å². The minimum atomic E-state index is -0.582. The van der Waals surface area contributed by atoms with Gasteiger partial charge in [0.1, 0.15) is 17.2 Å². The van der Waals surface area contributed by atoms with E-state index in [1.54, 1.807) is 42.5 Å². The molecule has 0 unspecified atom stereocenters. The van der Waals surface area contributed by atoms with Gasteiger partial charge in [-0.25, -0.2) is 4.79 Å².